The van der Waals surface area contributed by atoms with Crippen LogP contribution < -0.4 is 15.4 Å². The number of benzene rings is 1. The molecule has 1 aromatic rings. The van der Waals surface area contributed by atoms with E-state index < -0.39 is 6.10 Å². The largest absolute Gasteiger partial charge is 0.487 e. The topological polar surface area (TPSA) is 96.9 Å². The second-order valence-electron chi connectivity index (χ2n) is 8.41. The minimum Gasteiger partial charge on any atom is -0.487 e. The zero-order chi connectivity index (χ0) is 20.4. The van der Waals surface area contributed by atoms with Gasteiger partial charge in [0.05, 0.1) is 19.1 Å². The molecule has 1 aliphatic carbocycles. The number of hydrogen-bond acceptors (Lipinski definition) is 5. The second kappa shape index (κ2) is 8.71. The van der Waals surface area contributed by atoms with Gasteiger partial charge in [-0.2, -0.15) is 0 Å². The van der Waals surface area contributed by atoms with Crippen molar-refractivity contribution in [1.29, 1.82) is 0 Å². The smallest absolute Gasteiger partial charge is 0.224 e. The molecule has 2 fully saturated rings. The van der Waals surface area contributed by atoms with Crippen LogP contribution in [0.15, 0.2) is 18.2 Å². The average Bonchev–Trinajstić information content (AvgIpc) is 3.44. The number of aliphatic hydroxyl groups is 1. The molecule has 1 saturated carbocycles. The van der Waals surface area contributed by atoms with E-state index in [0.717, 1.165) is 36.3 Å². The van der Waals surface area contributed by atoms with E-state index in [2.05, 4.69) is 10.6 Å². The first kappa shape index (κ1) is 20.2. The Morgan fingerprint density at radius 2 is 2.03 bits per heavy atom. The number of rotatable bonds is 8. The maximum atomic E-state index is 12.2. The van der Waals surface area contributed by atoms with Crippen LogP contribution in [0, 0.1) is 5.92 Å². The van der Waals surface area contributed by atoms with Crippen LogP contribution in [-0.4, -0.2) is 48.4 Å². The Labute approximate surface area is 171 Å². The van der Waals surface area contributed by atoms with Crippen molar-refractivity contribution in [1.82, 2.24) is 5.32 Å². The van der Waals surface area contributed by atoms with Gasteiger partial charge in [0, 0.05) is 30.1 Å². The maximum absolute atomic E-state index is 12.2. The third kappa shape index (κ3) is 4.73. The molecule has 1 saturated heterocycles. The van der Waals surface area contributed by atoms with E-state index >= 15 is 0 Å². The van der Waals surface area contributed by atoms with Crippen molar-refractivity contribution in [2.75, 3.05) is 18.5 Å². The summed E-state index contributed by atoms with van der Waals surface area (Å²) in [6, 6.07) is 5.70. The number of carbonyl (C=O) groups excluding carboxylic acids is 2. The zero-order valence-corrected chi connectivity index (χ0v) is 16.9. The van der Waals surface area contributed by atoms with Crippen molar-refractivity contribution in [3.05, 3.63) is 23.8 Å². The van der Waals surface area contributed by atoms with Crippen molar-refractivity contribution in [3.63, 3.8) is 0 Å². The van der Waals surface area contributed by atoms with Crippen LogP contribution in [0.3, 0.4) is 0 Å². The first-order valence-corrected chi connectivity index (χ1v) is 10.7. The molecule has 158 valence electrons. The number of fused-ring (bicyclic) bond motifs is 3. The Bertz CT molecular complexity index is 764. The molecule has 7 nitrogen and oxygen atoms in total. The van der Waals surface area contributed by atoms with E-state index in [1.54, 1.807) is 0 Å². The molecule has 0 unspecified atom stereocenters. The fourth-order valence-electron chi connectivity index (χ4n) is 4.31. The predicted octanol–water partition coefficient (Wildman–Crippen LogP) is 2.34. The molecular formula is C22H30N2O5. The van der Waals surface area contributed by atoms with Gasteiger partial charge in [-0.15, -0.1) is 0 Å². The SMILES string of the molecule is CCCNC(=O)C[C@H]1C[C@H]2c3cc(NC(=O)CC4CC4)ccc3O[C@H]2[C@@H](CO)O1. The van der Waals surface area contributed by atoms with Crippen molar-refractivity contribution < 1.29 is 24.2 Å². The van der Waals surface area contributed by atoms with Gasteiger partial charge in [0.25, 0.3) is 0 Å². The van der Waals surface area contributed by atoms with Crippen LogP contribution in [0.2, 0.25) is 0 Å². The van der Waals surface area contributed by atoms with Crippen molar-refractivity contribution in [2.45, 2.75) is 69.7 Å². The Morgan fingerprint density at radius 1 is 1.21 bits per heavy atom. The molecule has 4 rings (SSSR count). The van der Waals surface area contributed by atoms with Gasteiger partial charge in [0.2, 0.25) is 11.8 Å². The van der Waals surface area contributed by atoms with Crippen molar-refractivity contribution in [3.8, 4) is 5.75 Å². The normalized spacial score (nSPS) is 27.5. The maximum Gasteiger partial charge on any atom is 0.224 e. The summed E-state index contributed by atoms with van der Waals surface area (Å²) in [5.41, 5.74) is 1.78. The highest BCUT2D eigenvalue weighted by atomic mass is 16.6. The minimum atomic E-state index is -0.474. The van der Waals surface area contributed by atoms with Crippen LogP contribution in [0.25, 0.3) is 0 Å². The molecule has 0 radical (unpaired) electrons. The van der Waals surface area contributed by atoms with Gasteiger partial charge in [0.1, 0.15) is 18.0 Å². The summed E-state index contributed by atoms with van der Waals surface area (Å²) in [7, 11) is 0. The molecule has 3 N–H and O–H groups in total. The standard InChI is InChI=1S/C22H30N2O5/c1-2-7-23-20(26)11-15-10-17-16-9-14(24-21(27)8-13-3-4-13)5-6-18(16)29-22(17)19(12-25)28-15/h5-6,9,13,15,17,19,22,25H,2-4,7-8,10-12H2,1H3,(H,23,26)(H,24,27)/t15-,17+,19-,22-/m1/s1. The lowest BCUT2D eigenvalue weighted by Gasteiger charge is -2.37. The first-order chi connectivity index (χ1) is 14.1. The molecule has 4 atom stereocenters. The van der Waals surface area contributed by atoms with Gasteiger partial charge in [-0.25, -0.2) is 0 Å². The lowest BCUT2D eigenvalue weighted by Crippen LogP contribution is -2.47. The second-order valence-corrected chi connectivity index (χ2v) is 8.41. The Morgan fingerprint density at radius 3 is 2.76 bits per heavy atom. The summed E-state index contributed by atoms with van der Waals surface area (Å²) >= 11 is 0. The molecule has 3 aliphatic rings. The predicted molar refractivity (Wildman–Crippen MR) is 108 cm³/mol. The van der Waals surface area contributed by atoms with E-state index in [1.165, 1.54) is 0 Å². The summed E-state index contributed by atoms with van der Waals surface area (Å²) in [5, 5.41) is 15.7. The number of ether oxygens (including phenoxy) is 2. The monoisotopic (exact) mass is 402 g/mol. The van der Waals surface area contributed by atoms with Crippen LogP contribution in [0.4, 0.5) is 5.69 Å². The summed E-state index contributed by atoms with van der Waals surface area (Å²) in [4.78, 5) is 24.3. The van der Waals surface area contributed by atoms with Crippen molar-refractivity contribution >= 4 is 17.5 Å². The third-order valence-electron chi connectivity index (χ3n) is 5.94. The molecule has 2 heterocycles. The van der Waals surface area contributed by atoms with Gasteiger partial charge < -0.3 is 25.2 Å². The molecule has 0 spiro atoms. The van der Waals surface area contributed by atoms with Gasteiger partial charge in [-0.1, -0.05) is 6.92 Å². The molecule has 0 bridgehead atoms. The number of carbonyl (C=O) groups is 2. The van der Waals surface area contributed by atoms with Crippen LogP contribution >= 0.6 is 0 Å². The fourth-order valence-corrected chi connectivity index (χ4v) is 4.31. The third-order valence-corrected chi connectivity index (χ3v) is 5.94. The molecule has 1 aromatic carbocycles. The van der Waals surface area contributed by atoms with Gasteiger partial charge in [-0.3, -0.25) is 9.59 Å². The van der Waals surface area contributed by atoms with Crippen LogP contribution in [-0.2, 0) is 14.3 Å². The number of anilines is 1. The summed E-state index contributed by atoms with van der Waals surface area (Å²) < 4.78 is 12.0. The molecule has 29 heavy (non-hydrogen) atoms. The van der Waals surface area contributed by atoms with E-state index in [-0.39, 0.29) is 43.0 Å². The average molecular weight is 402 g/mol. The Hall–Kier alpha value is -2.12. The number of hydrogen-bond donors (Lipinski definition) is 3. The van der Waals surface area contributed by atoms with Crippen LogP contribution in [0.1, 0.15) is 56.9 Å². The lowest BCUT2D eigenvalue weighted by atomic mass is 9.84. The lowest BCUT2D eigenvalue weighted by molar-refractivity contribution is -0.142. The quantitative estimate of drug-likeness (QED) is 0.620. The highest BCUT2D eigenvalue weighted by Gasteiger charge is 2.46. The zero-order valence-electron chi connectivity index (χ0n) is 16.9. The number of nitrogens with one attached hydrogen (secondary N) is 2. The summed E-state index contributed by atoms with van der Waals surface area (Å²) in [6.45, 7) is 2.50. The summed E-state index contributed by atoms with van der Waals surface area (Å²) in [6.07, 6.45) is 3.65. The van der Waals surface area contributed by atoms with Crippen molar-refractivity contribution in [2.24, 2.45) is 5.92 Å². The molecule has 0 aromatic heterocycles. The van der Waals surface area contributed by atoms with Gasteiger partial charge >= 0.3 is 0 Å². The molecule has 2 aliphatic heterocycles. The van der Waals surface area contributed by atoms with Gasteiger partial charge in [-0.05, 0) is 49.8 Å². The van der Waals surface area contributed by atoms with E-state index in [4.69, 9.17) is 9.47 Å². The van der Waals surface area contributed by atoms with Gasteiger partial charge in [0.15, 0.2) is 0 Å². The van der Waals surface area contributed by atoms with Crippen LogP contribution in [0.5, 0.6) is 5.75 Å². The minimum absolute atomic E-state index is 0.0279. The Kier molecular flexibility index (Phi) is 6.06. The molecule has 7 heteroatoms. The van der Waals surface area contributed by atoms with E-state index in [9.17, 15) is 14.7 Å². The number of aliphatic hydroxyl groups excluding tert-OH is 1. The summed E-state index contributed by atoms with van der Waals surface area (Å²) in [5.74, 6) is 1.34. The Balaban J connectivity index is 1.46. The van der Waals surface area contributed by atoms with E-state index in [0.29, 0.717) is 25.3 Å². The van der Waals surface area contributed by atoms with E-state index in [1.807, 2.05) is 25.1 Å². The highest BCUT2D eigenvalue weighted by molar-refractivity contribution is 5.91. The highest BCUT2D eigenvalue weighted by Crippen LogP contribution is 2.47. The number of amides is 2. The fraction of sp³-hybridized carbons (Fsp3) is 0.636. The molecule has 2 amide bonds. The first-order valence-electron chi connectivity index (χ1n) is 10.7. The molecular weight excluding hydrogens is 372 g/mol.